The Morgan fingerprint density at radius 2 is 1.68 bits per heavy atom. The van der Waals surface area contributed by atoms with Gasteiger partial charge in [0.25, 0.3) is 5.97 Å². The standard InChI is InChI=1S/C9H15N4O2.3CHO.Tc/c1-9(2,3)13-5-6(11-12-13)4-7(10)8(14)15;3*1-2;/h5,7,10H,4H2,1-3H3,(H,14,15);3*1H;/q4*-1;+4. The van der Waals surface area contributed by atoms with E-state index in [0.29, 0.717) is 5.69 Å². The molecule has 0 aliphatic heterocycles. The predicted octanol–water partition coefficient (Wildman–Crippen LogP) is 0.256. The fourth-order valence-electron chi connectivity index (χ4n) is 1.02. The smallest absolute Gasteiger partial charge is 0.665 e. The molecule has 0 saturated heterocycles. The minimum Gasteiger partial charge on any atom is -0.665 e. The van der Waals surface area contributed by atoms with Crippen molar-refractivity contribution in [2.45, 2.75) is 38.8 Å². The van der Waals surface area contributed by atoms with Gasteiger partial charge in [-0.15, -0.1) is 5.10 Å². The van der Waals surface area contributed by atoms with Crippen LogP contribution in [0.15, 0.2) is 6.20 Å². The molecule has 0 bridgehead atoms. The molecule has 1 unspecified atom stereocenters. The number of hydrogen-bond donors (Lipinski definition) is 1. The van der Waals surface area contributed by atoms with Crippen LogP contribution in [0.1, 0.15) is 26.5 Å². The van der Waals surface area contributed by atoms with Gasteiger partial charge in [0, 0.05) is 6.20 Å². The topological polar surface area (TPSA) is 143 Å². The summed E-state index contributed by atoms with van der Waals surface area (Å²) in [4.78, 5) is 33.7. The van der Waals surface area contributed by atoms with E-state index >= 15 is 0 Å². The molecule has 0 aliphatic rings. The first kappa shape index (κ1) is 28.4. The summed E-state index contributed by atoms with van der Waals surface area (Å²) in [5.41, 5.74) is 7.61. The van der Waals surface area contributed by atoms with Crippen molar-refractivity contribution in [3.8, 4) is 0 Å². The molecule has 0 aliphatic carbocycles. The van der Waals surface area contributed by atoms with E-state index in [0.717, 1.165) is 0 Å². The summed E-state index contributed by atoms with van der Waals surface area (Å²) in [6.07, 6.45) is 1.77. The number of carboxylic acid groups (broad SMARTS) is 1. The fraction of sp³-hybridized carbons (Fsp3) is 0.500. The number of aliphatic carboxylic acids is 1. The summed E-state index contributed by atoms with van der Waals surface area (Å²) in [6.45, 7) is 15.7. The van der Waals surface area contributed by atoms with E-state index in [1.165, 1.54) is 0 Å². The predicted molar refractivity (Wildman–Crippen MR) is 74.7 cm³/mol. The second kappa shape index (κ2) is 15.6. The number of rotatable bonds is 3. The number of nitrogens with one attached hydrogen (secondary N) is 1. The van der Waals surface area contributed by atoms with Gasteiger partial charge in [0.2, 0.25) is 0 Å². The number of hydrogen-bond acceptors (Lipinski definition) is 6. The van der Waals surface area contributed by atoms with Crippen molar-refractivity contribution < 1.29 is 44.4 Å². The largest absolute Gasteiger partial charge is 4.00 e. The molecule has 0 saturated carbocycles. The molecule has 1 atom stereocenters. The van der Waals surface area contributed by atoms with Gasteiger partial charge >= 0.3 is 20.1 Å². The van der Waals surface area contributed by atoms with Crippen molar-refractivity contribution in [3.05, 3.63) is 17.6 Å². The summed E-state index contributed by atoms with van der Waals surface area (Å²) >= 11 is 0. The zero-order valence-electron chi connectivity index (χ0n) is 12.4. The third kappa shape index (κ3) is 12.0. The van der Waals surface area contributed by atoms with Gasteiger partial charge in [-0.2, -0.15) is 0 Å². The molecule has 9 nitrogen and oxygen atoms in total. The fourth-order valence-corrected chi connectivity index (χ4v) is 1.02. The Hall–Kier alpha value is -1.77. The van der Waals surface area contributed by atoms with Crippen molar-refractivity contribution in [2.75, 3.05) is 0 Å². The second-order valence-corrected chi connectivity index (χ2v) is 4.42. The van der Waals surface area contributed by atoms with E-state index in [1.54, 1.807) is 10.9 Å². The molecule has 22 heavy (non-hydrogen) atoms. The average molecular weight is 396 g/mol. The molecule has 0 fully saturated rings. The van der Waals surface area contributed by atoms with Crippen LogP contribution in [-0.4, -0.2) is 52.5 Å². The molecule has 1 rings (SSSR count). The number of carboxylic acids is 1. The maximum atomic E-state index is 10.5. The molecule has 0 spiro atoms. The van der Waals surface area contributed by atoms with E-state index in [9.17, 15) is 4.79 Å². The molecule has 1 aromatic heterocycles. The van der Waals surface area contributed by atoms with Crippen LogP contribution in [0.3, 0.4) is 0 Å². The van der Waals surface area contributed by atoms with Gasteiger partial charge in [0.1, 0.15) is 0 Å². The van der Waals surface area contributed by atoms with Crippen LogP contribution in [0.5, 0.6) is 0 Å². The quantitative estimate of drug-likeness (QED) is 0.570. The van der Waals surface area contributed by atoms with Gasteiger partial charge in [-0.1, -0.05) is 5.21 Å². The van der Waals surface area contributed by atoms with Crippen LogP contribution in [0, 0.1) is 0 Å². The Morgan fingerprint density at radius 3 is 1.95 bits per heavy atom. The van der Waals surface area contributed by atoms with Crippen molar-refractivity contribution in [1.29, 1.82) is 0 Å². The first-order valence-electron chi connectivity index (χ1n) is 5.37. The normalized spacial score (nSPS) is 10.0. The van der Waals surface area contributed by atoms with Gasteiger partial charge < -0.3 is 25.2 Å². The minimum absolute atomic E-state index is 0. The van der Waals surface area contributed by atoms with Gasteiger partial charge in [-0.3, -0.25) is 25.2 Å². The molecule has 0 amide bonds. The molecule has 2 N–H and O–H groups in total. The SMILES string of the molecule is CC(C)(C)n1cc(CC([NH-])C(=O)O)nn1.[CH-]=O.[CH-]=O.[CH-]=O.[Tc+4]. The third-order valence-electron chi connectivity index (χ3n) is 1.94. The summed E-state index contributed by atoms with van der Waals surface area (Å²) in [7, 11) is 0. The number of aromatic nitrogens is 3. The Balaban J connectivity index is -0.000000206. The monoisotopic (exact) mass is 395 g/mol. The summed E-state index contributed by atoms with van der Waals surface area (Å²) < 4.78 is 1.66. The van der Waals surface area contributed by atoms with E-state index in [-0.39, 0.29) is 32.1 Å². The number of carbonyl (C=O) groups excluding carboxylic acids is 3. The summed E-state index contributed by atoms with van der Waals surface area (Å²) in [5, 5.41) is 16.3. The Morgan fingerprint density at radius 1 is 1.27 bits per heavy atom. The number of carbonyl (C=O) groups is 1. The molecule has 10 heteroatoms. The Labute approximate surface area is 142 Å². The van der Waals surface area contributed by atoms with E-state index in [4.69, 9.17) is 25.2 Å². The average Bonchev–Trinajstić information content (AvgIpc) is 2.94. The van der Waals surface area contributed by atoms with Gasteiger partial charge in [0.05, 0.1) is 11.2 Å². The van der Waals surface area contributed by atoms with Crippen molar-refractivity contribution >= 4 is 26.3 Å². The Bertz CT molecular complexity index is 404. The van der Waals surface area contributed by atoms with Gasteiger partial charge in [-0.25, -0.2) is 4.68 Å². The van der Waals surface area contributed by atoms with E-state index in [2.05, 4.69) is 30.7 Å². The summed E-state index contributed by atoms with van der Waals surface area (Å²) in [5.74, 6) is -1.14. The molecule has 123 valence electrons. The van der Waals surface area contributed by atoms with Crippen molar-refractivity contribution in [2.24, 2.45) is 0 Å². The Kier molecular flexibility index (Phi) is 20.2. The maximum absolute atomic E-state index is 10.5. The van der Waals surface area contributed by atoms with Gasteiger partial charge in [-0.05, 0) is 33.2 Å². The first-order chi connectivity index (χ1) is 9.80. The van der Waals surface area contributed by atoms with Crippen LogP contribution in [0.4, 0.5) is 0 Å². The van der Waals surface area contributed by atoms with Crippen LogP contribution >= 0.6 is 0 Å². The molecule has 1 heterocycles. The molecule has 0 aromatic carbocycles. The molecule has 1 radical (unpaired) electrons. The van der Waals surface area contributed by atoms with Crippen molar-refractivity contribution in [3.63, 3.8) is 0 Å². The maximum Gasteiger partial charge on any atom is 4.00 e. The second-order valence-electron chi connectivity index (χ2n) is 4.42. The zero-order valence-corrected chi connectivity index (χ0v) is 14.3. The van der Waals surface area contributed by atoms with Crippen LogP contribution in [0.25, 0.3) is 5.73 Å². The summed E-state index contributed by atoms with van der Waals surface area (Å²) in [6, 6.07) is -1.17. The minimum atomic E-state index is -1.17. The third-order valence-corrected chi connectivity index (χ3v) is 1.94. The van der Waals surface area contributed by atoms with Crippen molar-refractivity contribution in [1.82, 2.24) is 15.0 Å². The van der Waals surface area contributed by atoms with Gasteiger partial charge in [0.15, 0.2) is 0 Å². The molecular weight excluding hydrogens is 378 g/mol. The first-order valence-corrected chi connectivity index (χ1v) is 5.37. The van der Waals surface area contributed by atoms with Crippen LogP contribution in [-0.2, 0) is 51.2 Å². The molecule has 1 aromatic rings. The van der Waals surface area contributed by atoms with E-state index in [1.807, 2.05) is 20.8 Å². The van der Waals surface area contributed by atoms with Crippen LogP contribution < -0.4 is 0 Å². The van der Waals surface area contributed by atoms with Crippen LogP contribution in [0.2, 0.25) is 0 Å². The zero-order chi connectivity index (χ0) is 17.6. The molecular formula is C12H18N4O5Tc. The number of nitrogens with zero attached hydrogens (tertiary/aromatic N) is 3. The van der Waals surface area contributed by atoms with E-state index < -0.39 is 12.0 Å².